The van der Waals surface area contributed by atoms with Gasteiger partial charge in [0.2, 0.25) is 5.91 Å². The number of amides is 1. The summed E-state index contributed by atoms with van der Waals surface area (Å²) in [5.41, 5.74) is 0.238. The van der Waals surface area contributed by atoms with E-state index in [0.717, 1.165) is 28.3 Å². The number of thiocarbonyl (C=S) groups is 1. The second-order valence-corrected chi connectivity index (χ2v) is 7.40. The molecule has 1 aliphatic rings. The van der Waals surface area contributed by atoms with Crippen LogP contribution in [-0.2, 0) is 17.4 Å². The molecule has 2 heterocycles. The van der Waals surface area contributed by atoms with Crippen molar-refractivity contribution >= 4 is 28.9 Å². The Balaban J connectivity index is 1.87. The molecule has 0 N–H and O–H groups in total. The van der Waals surface area contributed by atoms with E-state index in [1.807, 2.05) is 36.1 Å². The summed E-state index contributed by atoms with van der Waals surface area (Å²) in [5.74, 6) is -0.391. The van der Waals surface area contributed by atoms with Crippen molar-refractivity contribution < 1.29 is 18.0 Å². The number of nitrogens with zero attached hydrogens (tertiary/aromatic N) is 4. The van der Waals surface area contributed by atoms with Gasteiger partial charge in [-0.15, -0.1) is 0 Å². The molecule has 3 rings (SSSR count). The van der Waals surface area contributed by atoms with Gasteiger partial charge in [0.15, 0.2) is 10.8 Å². The van der Waals surface area contributed by atoms with E-state index in [9.17, 15) is 18.0 Å². The Labute approximate surface area is 177 Å². The van der Waals surface area contributed by atoms with E-state index in [0.29, 0.717) is 25.9 Å². The fourth-order valence-electron chi connectivity index (χ4n) is 3.24. The quantitative estimate of drug-likeness (QED) is 0.677. The second kappa shape index (κ2) is 8.79. The highest BCUT2D eigenvalue weighted by Gasteiger charge is 2.36. The largest absolute Gasteiger partial charge is 0.419 e. The molecule has 0 bridgehead atoms. The first kappa shape index (κ1) is 21.7. The number of aromatic nitrogens is 1. The van der Waals surface area contributed by atoms with Crippen LogP contribution in [0.2, 0.25) is 0 Å². The number of aryl methyl sites for hydroxylation is 1. The lowest BCUT2D eigenvalue weighted by Crippen LogP contribution is -2.45. The van der Waals surface area contributed by atoms with Crippen LogP contribution in [0.4, 0.5) is 18.9 Å². The lowest BCUT2D eigenvalue weighted by Gasteiger charge is -2.30. The molecule has 1 fully saturated rings. The molecule has 0 spiro atoms. The Morgan fingerprint density at radius 3 is 2.60 bits per heavy atom. The minimum Gasteiger partial charge on any atom is -0.348 e. The first-order chi connectivity index (χ1) is 14.2. The lowest BCUT2D eigenvalue weighted by molar-refractivity contribution is -0.138. The van der Waals surface area contributed by atoms with Crippen LogP contribution in [0.3, 0.4) is 0 Å². The van der Waals surface area contributed by atoms with Crippen LogP contribution in [0.1, 0.15) is 35.2 Å². The maximum atomic E-state index is 13.3. The molecule has 0 unspecified atom stereocenters. The minimum absolute atomic E-state index is 0.0847. The van der Waals surface area contributed by atoms with Gasteiger partial charge in [-0.25, -0.2) is 4.98 Å². The van der Waals surface area contributed by atoms with E-state index < -0.39 is 23.3 Å². The molecule has 1 aromatic carbocycles. The van der Waals surface area contributed by atoms with Gasteiger partial charge in [0, 0.05) is 19.5 Å². The number of alkyl halides is 3. The Hall–Kier alpha value is -2.99. The molecule has 30 heavy (non-hydrogen) atoms. The third kappa shape index (κ3) is 4.76. The van der Waals surface area contributed by atoms with Crippen LogP contribution in [0.5, 0.6) is 0 Å². The summed E-state index contributed by atoms with van der Waals surface area (Å²) in [4.78, 5) is 19.2. The van der Waals surface area contributed by atoms with Crippen molar-refractivity contribution in [2.45, 2.75) is 32.4 Å². The molecule has 1 aliphatic heterocycles. The van der Waals surface area contributed by atoms with E-state index in [4.69, 9.17) is 17.5 Å². The second-order valence-electron chi connectivity index (χ2n) is 7.04. The predicted octanol–water partition coefficient (Wildman–Crippen LogP) is 4.24. The highest BCUT2D eigenvalue weighted by atomic mass is 32.1. The van der Waals surface area contributed by atoms with Crippen LogP contribution >= 0.6 is 12.2 Å². The van der Waals surface area contributed by atoms with Crippen LogP contribution in [-0.4, -0.2) is 34.0 Å². The number of pyridine rings is 1. The summed E-state index contributed by atoms with van der Waals surface area (Å²) in [7, 11) is 0. The van der Waals surface area contributed by atoms with Crippen LogP contribution in [0.15, 0.2) is 36.5 Å². The van der Waals surface area contributed by atoms with Gasteiger partial charge in [0.25, 0.3) is 0 Å². The first-order valence-electron chi connectivity index (χ1n) is 9.35. The Morgan fingerprint density at radius 1 is 1.27 bits per heavy atom. The van der Waals surface area contributed by atoms with Gasteiger partial charge in [0.1, 0.15) is 6.07 Å². The zero-order valence-electron chi connectivity index (χ0n) is 16.2. The fraction of sp³-hybridized carbons (Fsp3) is 0.333. The average molecular weight is 432 g/mol. The first-order valence-corrected chi connectivity index (χ1v) is 9.76. The standard InChI is InChI=1S/C21H19F3N4OS/c1-14-4-6-15(7-5-14)8-10-27-9-2-3-19(29)28(20(27)30)16-11-17(21(22,23)24)18(12-25)26-13-16/h4-7,11,13H,2-3,8-10H2,1H3. The van der Waals surface area contributed by atoms with Gasteiger partial charge in [-0.2, -0.15) is 18.4 Å². The topological polar surface area (TPSA) is 60.2 Å². The number of halogens is 3. The molecule has 2 aromatic rings. The van der Waals surface area contributed by atoms with Gasteiger partial charge >= 0.3 is 6.18 Å². The van der Waals surface area contributed by atoms with Crippen molar-refractivity contribution in [1.82, 2.24) is 9.88 Å². The number of anilines is 1. The van der Waals surface area contributed by atoms with E-state index in [1.165, 1.54) is 6.07 Å². The number of nitriles is 1. The maximum absolute atomic E-state index is 13.3. The maximum Gasteiger partial charge on any atom is 0.419 e. The molecular weight excluding hydrogens is 413 g/mol. The van der Waals surface area contributed by atoms with Gasteiger partial charge in [-0.3, -0.25) is 9.69 Å². The summed E-state index contributed by atoms with van der Waals surface area (Å²) in [5, 5.41) is 9.09. The van der Waals surface area contributed by atoms with Crippen molar-refractivity contribution in [3.8, 4) is 6.07 Å². The van der Waals surface area contributed by atoms with Crippen LogP contribution in [0, 0.1) is 18.3 Å². The molecule has 1 amide bonds. The molecule has 0 aliphatic carbocycles. The van der Waals surface area contributed by atoms with Crippen LogP contribution < -0.4 is 4.90 Å². The monoisotopic (exact) mass is 432 g/mol. The van der Waals surface area contributed by atoms with Crippen molar-refractivity contribution in [1.29, 1.82) is 5.26 Å². The molecule has 156 valence electrons. The molecule has 0 radical (unpaired) electrons. The van der Waals surface area contributed by atoms with Crippen molar-refractivity contribution in [2.75, 3.05) is 18.0 Å². The molecule has 5 nitrogen and oxygen atoms in total. The predicted molar refractivity (Wildman–Crippen MR) is 110 cm³/mol. The number of carbonyl (C=O) groups excluding carboxylic acids is 1. The number of hydrogen-bond donors (Lipinski definition) is 0. The van der Waals surface area contributed by atoms with Gasteiger partial charge in [-0.05, 0) is 43.6 Å². The summed E-state index contributed by atoms with van der Waals surface area (Å²) in [6.45, 7) is 3.06. The zero-order valence-corrected chi connectivity index (χ0v) is 17.1. The molecule has 1 aromatic heterocycles. The van der Waals surface area contributed by atoms with Gasteiger partial charge in [0.05, 0.1) is 17.4 Å². The summed E-state index contributed by atoms with van der Waals surface area (Å²) < 4.78 is 40.0. The lowest BCUT2D eigenvalue weighted by atomic mass is 10.1. The Bertz CT molecular complexity index is 999. The molecular formula is C21H19F3N4OS. The zero-order chi connectivity index (χ0) is 21.9. The number of benzene rings is 1. The van der Waals surface area contributed by atoms with Gasteiger partial charge in [-0.1, -0.05) is 29.8 Å². The minimum atomic E-state index is -4.77. The smallest absolute Gasteiger partial charge is 0.348 e. The van der Waals surface area contributed by atoms with Crippen molar-refractivity contribution in [2.24, 2.45) is 0 Å². The Kier molecular flexibility index (Phi) is 6.37. The van der Waals surface area contributed by atoms with Crippen molar-refractivity contribution in [3.63, 3.8) is 0 Å². The number of carbonyl (C=O) groups is 1. The number of hydrogen-bond acceptors (Lipinski definition) is 4. The van der Waals surface area contributed by atoms with E-state index in [2.05, 4.69) is 4.98 Å². The highest BCUT2D eigenvalue weighted by Crippen LogP contribution is 2.34. The number of rotatable bonds is 4. The SMILES string of the molecule is Cc1ccc(CCN2CCCC(=O)N(c3cnc(C#N)c(C(F)(F)F)c3)C2=S)cc1. The fourth-order valence-corrected chi connectivity index (χ4v) is 3.63. The summed E-state index contributed by atoms with van der Waals surface area (Å²) in [6, 6.07) is 10.2. The van der Waals surface area contributed by atoms with Crippen LogP contribution in [0.25, 0.3) is 0 Å². The highest BCUT2D eigenvalue weighted by molar-refractivity contribution is 7.80. The third-order valence-corrected chi connectivity index (χ3v) is 5.30. The molecule has 9 heteroatoms. The molecule has 1 saturated heterocycles. The van der Waals surface area contributed by atoms with E-state index in [1.54, 1.807) is 0 Å². The summed E-state index contributed by atoms with van der Waals surface area (Å²) >= 11 is 5.49. The Morgan fingerprint density at radius 2 is 1.97 bits per heavy atom. The van der Waals surface area contributed by atoms with Gasteiger partial charge < -0.3 is 4.90 Å². The molecule has 0 atom stereocenters. The average Bonchev–Trinajstić information content (AvgIpc) is 2.84. The van der Waals surface area contributed by atoms with E-state index in [-0.39, 0.29) is 17.2 Å². The third-order valence-electron chi connectivity index (χ3n) is 4.86. The van der Waals surface area contributed by atoms with E-state index >= 15 is 0 Å². The van der Waals surface area contributed by atoms with Crippen molar-refractivity contribution in [3.05, 3.63) is 58.9 Å². The normalized spacial score (nSPS) is 15.2. The summed E-state index contributed by atoms with van der Waals surface area (Å²) in [6.07, 6.45) is -2.30. The molecule has 0 saturated carbocycles.